The van der Waals surface area contributed by atoms with Gasteiger partial charge in [-0.25, -0.2) is 9.18 Å². The maximum absolute atomic E-state index is 13.4. The molecule has 6 nitrogen and oxygen atoms in total. The Labute approximate surface area is 161 Å². The first-order valence-corrected chi connectivity index (χ1v) is 8.80. The molecule has 1 aliphatic rings. The van der Waals surface area contributed by atoms with E-state index < -0.39 is 5.82 Å². The van der Waals surface area contributed by atoms with Crippen LogP contribution in [-0.2, 0) is 9.53 Å². The second-order valence-electron chi connectivity index (χ2n) is 6.17. The molecule has 27 heavy (non-hydrogen) atoms. The van der Waals surface area contributed by atoms with Gasteiger partial charge in [-0.05, 0) is 35.9 Å². The zero-order chi connectivity index (χ0) is 19.4. The Hall–Kier alpha value is -2.64. The number of rotatable bonds is 3. The molecule has 0 radical (unpaired) electrons. The van der Waals surface area contributed by atoms with Crippen molar-refractivity contribution in [2.75, 3.05) is 30.3 Å². The largest absolute Gasteiger partial charge is 0.370 e. The molecule has 142 valence electrons. The number of carbonyl (C=O) groups excluding carboxylic acids is 2. The van der Waals surface area contributed by atoms with E-state index in [1.165, 1.54) is 19.1 Å². The monoisotopic (exact) mass is 391 g/mol. The van der Waals surface area contributed by atoms with Crippen LogP contribution < -0.4 is 10.6 Å². The van der Waals surface area contributed by atoms with E-state index in [9.17, 15) is 14.0 Å². The summed E-state index contributed by atoms with van der Waals surface area (Å²) < 4.78 is 19.1. The summed E-state index contributed by atoms with van der Waals surface area (Å²) in [6.45, 7) is 2.53. The Kier molecular flexibility index (Phi) is 5.93. The average Bonchev–Trinajstić information content (AvgIpc) is 2.64. The van der Waals surface area contributed by atoms with E-state index >= 15 is 0 Å². The van der Waals surface area contributed by atoms with Crippen LogP contribution in [0, 0.1) is 5.82 Å². The lowest BCUT2D eigenvalue weighted by molar-refractivity contribution is -0.114. The molecule has 3 amide bonds. The highest BCUT2D eigenvalue weighted by Gasteiger charge is 2.26. The van der Waals surface area contributed by atoms with Crippen LogP contribution in [0.1, 0.15) is 18.6 Å². The van der Waals surface area contributed by atoms with Gasteiger partial charge in [-0.1, -0.05) is 23.7 Å². The molecule has 3 rings (SSSR count). The predicted octanol–water partition coefficient (Wildman–Crippen LogP) is 4.04. The fraction of sp³-hybridized carbons (Fsp3) is 0.263. The van der Waals surface area contributed by atoms with Crippen LogP contribution in [0.5, 0.6) is 0 Å². The Balaban J connectivity index is 1.66. The minimum atomic E-state index is -0.495. The number of halogens is 2. The highest BCUT2D eigenvalue weighted by atomic mass is 35.5. The number of nitrogens with one attached hydrogen (secondary N) is 2. The molecule has 1 saturated heterocycles. The van der Waals surface area contributed by atoms with Gasteiger partial charge in [-0.15, -0.1) is 0 Å². The highest BCUT2D eigenvalue weighted by Crippen LogP contribution is 2.26. The third-order valence-electron chi connectivity index (χ3n) is 4.10. The first-order chi connectivity index (χ1) is 12.9. The average molecular weight is 392 g/mol. The van der Waals surface area contributed by atoms with Gasteiger partial charge in [-0.3, -0.25) is 4.79 Å². The van der Waals surface area contributed by atoms with E-state index in [1.54, 1.807) is 35.2 Å². The quantitative estimate of drug-likeness (QED) is 0.829. The molecule has 1 heterocycles. The normalized spacial score (nSPS) is 16.7. The van der Waals surface area contributed by atoms with E-state index in [2.05, 4.69) is 10.6 Å². The molecule has 0 aromatic heterocycles. The van der Waals surface area contributed by atoms with E-state index in [-0.39, 0.29) is 23.1 Å². The third kappa shape index (κ3) is 4.96. The minimum absolute atomic E-state index is 0.0208. The summed E-state index contributed by atoms with van der Waals surface area (Å²) in [7, 11) is 0. The Bertz CT molecular complexity index is 862. The van der Waals surface area contributed by atoms with Crippen molar-refractivity contribution in [2.45, 2.75) is 13.0 Å². The van der Waals surface area contributed by atoms with E-state index in [0.717, 1.165) is 0 Å². The lowest BCUT2D eigenvalue weighted by Gasteiger charge is -2.33. The van der Waals surface area contributed by atoms with Crippen molar-refractivity contribution >= 4 is 34.9 Å². The molecule has 0 saturated carbocycles. The van der Waals surface area contributed by atoms with Gasteiger partial charge in [0.15, 0.2) is 0 Å². The number of morpholine rings is 1. The maximum Gasteiger partial charge on any atom is 0.322 e. The molecule has 1 fully saturated rings. The topological polar surface area (TPSA) is 70.7 Å². The fourth-order valence-electron chi connectivity index (χ4n) is 2.83. The van der Waals surface area contributed by atoms with Crippen molar-refractivity contribution in [2.24, 2.45) is 0 Å². The van der Waals surface area contributed by atoms with Crippen LogP contribution >= 0.6 is 11.6 Å². The Morgan fingerprint density at radius 3 is 2.63 bits per heavy atom. The minimum Gasteiger partial charge on any atom is -0.370 e. The van der Waals surface area contributed by atoms with Gasteiger partial charge < -0.3 is 20.3 Å². The van der Waals surface area contributed by atoms with Crippen molar-refractivity contribution < 1.29 is 18.7 Å². The second-order valence-corrected chi connectivity index (χ2v) is 6.58. The summed E-state index contributed by atoms with van der Waals surface area (Å²) in [5, 5.41) is 5.50. The fourth-order valence-corrected chi connectivity index (χ4v) is 3.02. The van der Waals surface area contributed by atoms with Crippen molar-refractivity contribution in [1.29, 1.82) is 0 Å². The molecule has 2 aromatic rings. The molecule has 8 heteroatoms. The summed E-state index contributed by atoms with van der Waals surface area (Å²) in [5.74, 6) is -0.683. The maximum atomic E-state index is 13.4. The molecular weight excluding hydrogens is 373 g/mol. The van der Waals surface area contributed by atoms with Crippen LogP contribution in [0.2, 0.25) is 5.02 Å². The van der Waals surface area contributed by atoms with E-state index in [1.807, 2.05) is 0 Å². The first kappa shape index (κ1) is 19.1. The summed E-state index contributed by atoms with van der Waals surface area (Å²) in [4.78, 5) is 25.4. The summed E-state index contributed by atoms with van der Waals surface area (Å²) >= 11 is 5.84. The molecule has 2 N–H and O–H groups in total. The van der Waals surface area contributed by atoms with Gasteiger partial charge >= 0.3 is 6.03 Å². The van der Waals surface area contributed by atoms with Gasteiger partial charge in [0.1, 0.15) is 11.9 Å². The van der Waals surface area contributed by atoms with Crippen LogP contribution in [-0.4, -0.2) is 36.5 Å². The summed E-state index contributed by atoms with van der Waals surface area (Å²) in [6.07, 6.45) is -0.381. The first-order valence-electron chi connectivity index (χ1n) is 8.42. The molecule has 0 aliphatic carbocycles. The van der Waals surface area contributed by atoms with Gasteiger partial charge in [0.25, 0.3) is 0 Å². The number of hydrogen-bond donors (Lipinski definition) is 2. The summed E-state index contributed by atoms with van der Waals surface area (Å²) in [6, 6.07) is 11.0. The number of urea groups is 1. The van der Waals surface area contributed by atoms with E-state index in [4.69, 9.17) is 16.3 Å². The smallest absolute Gasteiger partial charge is 0.322 e. The van der Waals surface area contributed by atoms with Gasteiger partial charge in [-0.2, -0.15) is 0 Å². The lowest BCUT2D eigenvalue weighted by atomic mass is 10.1. The van der Waals surface area contributed by atoms with Crippen LogP contribution in [0.4, 0.5) is 20.6 Å². The number of benzene rings is 2. The molecule has 1 aliphatic heterocycles. The van der Waals surface area contributed by atoms with Gasteiger partial charge in [0.2, 0.25) is 5.91 Å². The number of nitrogens with zero attached hydrogens (tertiary/aromatic N) is 1. The number of carbonyl (C=O) groups is 2. The number of hydrogen-bond acceptors (Lipinski definition) is 3. The van der Waals surface area contributed by atoms with Crippen molar-refractivity contribution in [3.05, 3.63) is 58.9 Å². The highest BCUT2D eigenvalue weighted by molar-refractivity contribution is 6.30. The van der Waals surface area contributed by atoms with Crippen LogP contribution in [0.3, 0.4) is 0 Å². The van der Waals surface area contributed by atoms with Gasteiger partial charge in [0, 0.05) is 24.8 Å². The number of anilines is 2. The van der Waals surface area contributed by atoms with Crippen molar-refractivity contribution in [1.82, 2.24) is 4.90 Å². The number of ether oxygens (including phenoxy) is 1. The molecule has 2 aromatic carbocycles. The Morgan fingerprint density at radius 2 is 1.93 bits per heavy atom. The van der Waals surface area contributed by atoms with E-state index in [0.29, 0.717) is 36.6 Å². The molecule has 0 unspecified atom stereocenters. The van der Waals surface area contributed by atoms with Gasteiger partial charge in [0.05, 0.1) is 18.2 Å². The SMILES string of the molecule is CC(=O)Nc1cccc(NC(=O)N2CCO[C@@H](c3ccc(F)c(Cl)c3)C2)c1. The van der Waals surface area contributed by atoms with Crippen molar-refractivity contribution in [3.63, 3.8) is 0 Å². The number of amides is 3. The standard InChI is InChI=1S/C19H19ClFN3O3/c1-12(25)22-14-3-2-4-15(10-14)23-19(26)24-7-8-27-18(11-24)13-5-6-17(21)16(20)9-13/h2-6,9-10,18H,7-8,11H2,1H3,(H,22,25)(H,23,26)/t18-/m1/s1. The third-order valence-corrected chi connectivity index (χ3v) is 4.39. The van der Waals surface area contributed by atoms with Crippen LogP contribution in [0.25, 0.3) is 0 Å². The zero-order valence-corrected chi connectivity index (χ0v) is 15.4. The Morgan fingerprint density at radius 1 is 1.19 bits per heavy atom. The lowest BCUT2D eigenvalue weighted by Crippen LogP contribution is -2.44. The summed E-state index contributed by atoms with van der Waals surface area (Å²) in [5.41, 5.74) is 1.88. The molecule has 0 bridgehead atoms. The molecule has 1 atom stereocenters. The zero-order valence-electron chi connectivity index (χ0n) is 14.7. The molecule has 0 spiro atoms. The van der Waals surface area contributed by atoms with Crippen LogP contribution in [0.15, 0.2) is 42.5 Å². The second kappa shape index (κ2) is 8.37. The van der Waals surface area contributed by atoms with Crippen molar-refractivity contribution in [3.8, 4) is 0 Å². The predicted molar refractivity (Wildman–Crippen MR) is 101 cm³/mol. The molecular formula is C19H19ClFN3O3.